The minimum absolute atomic E-state index is 0.0717. The van der Waals surface area contributed by atoms with E-state index < -0.39 is 23.2 Å². The van der Waals surface area contributed by atoms with E-state index >= 15 is 0 Å². The van der Waals surface area contributed by atoms with Crippen LogP contribution in [0.15, 0.2) is 35.4 Å². The Morgan fingerprint density at radius 2 is 1.79 bits per heavy atom. The lowest BCUT2D eigenvalue weighted by atomic mass is 10.2. The number of methoxy groups -OCH3 is 2. The summed E-state index contributed by atoms with van der Waals surface area (Å²) in [7, 11) is 2.99. The lowest BCUT2D eigenvalue weighted by molar-refractivity contribution is 0.0954. The number of nitrogens with zero attached hydrogens (tertiary/aromatic N) is 1. The zero-order valence-corrected chi connectivity index (χ0v) is 13.0. The Balaban J connectivity index is 2.16. The molecular formula is C16H16N2O6. The van der Waals surface area contributed by atoms with Crippen LogP contribution in [-0.4, -0.2) is 41.7 Å². The van der Waals surface area contributed by atoms with Gasteiger partial charge in [0.2, 0.25) is 0 Å². The number of hydrogen-bond acceptors (Lipinski definition) is 7. The number of carbonyl (C=O) groups excluding carboxylic acids is 1. The summed E-state index contributed by atoms with van der Waals surface area (Å²) in [5, 5.41) is 31.9. The summed E-state index contributed by atoms with van der Waals surface area (Å²) in [6.45, 7) is 0. The molecule has 0 heterocycles. The highest BCUT2D eigenvalue weighted by atomic mass is 16.5. The average molecular weight is 332 g/mol. The molecule has 8 nitrogen and oxygen atoms in total. The number of phenolic OH excluding ortho intramolecular Hbond substituents is 3. The summed E-state index contributed by atoms with van der Waals surface area (Å²) in [4.78, 5) is 11.9. The van der Waals surface area contributed by atoms with Crippen LogP contribution in [0.4, 0.5) is 0 Å². The van der Waals surface area contributed by atoms with Crippen molar-refractivity contribution in [3.8, 4) is 28.7 Å². The van der Waals surface area contributed by atoms with Crippen LogP contribution >= 0.6 is 0 Å². The summed E-state index contributed by atoms with van der Waals surface area (Å²) in [6, 6.07) is 7.19. The second-order valence-electron chi connectivity index (χ2n) is 4.64. The molecule has 4 N–H and O–H groups in total. The average Bonchev–Trinajstić information content (AvgIpc) is 2.58. The van der Waals surface area contributed by atoms with Gasteiger partial charge in [-0.2, -0.15) is 5.10 Å². The molecule has 0 aliphatic rings. The van der Waals surface area contributed by atoms with Crippen molar-refractivity contribution in [1.82, 2.24) is 5.43 Å². The maximum absolute atomic E-state index is 11.9. The summed E-state index contributed by atoms with van der Waals surface area (Å²) >= 11 is 0. The third-order valence-electron chi connectivity index (χ3n) is 3.14. The van der Waals surface area contributed by atoms with E-state index in [0.717, 1.165) is 12.1 Å². The molecule has 0 aliphatic heterocycles. The van der Waals surface area contributed by atoms with Crippen molar-refractivity contribution < 1.29 is 29.6 Å². The molecule has 8 heteroatoms. The zero-order chi connectivity index (χ0) is 17.7. The van der Waals surface area contributed by atoms with Gasteiger partial charge in [-0.1, -0.05) is 6.07 Å². The smallest absolute Gasteiger partial charge is 0.271 e. The number of benzene rings is 2. The Labute approximate surface area is 137 Å². The number of carbonyl (C=O) groups is 1. The van der Waals surface area contributed by atoms with E-state index in [4.69, 9.17) is 9.47 Å². The fourth-order valence-electron chi connectivity index (χ4n) is 1.97. The number of phenols is 3. The first-order chi connectivity index (χ1) is 11.5. The number of rotatable bonds is 5. The Morgan fingerprint density at radius 3 is 2.38 bits per heavy atom. The van der Waals surface area contributed by atoms with E-state index in [1.54, 1.807) is 18.2 Å². The lowest BCUT2D eigenvalue weighted by Gasteiger charge is -2.09. The van der Waals surface area contributed by atoms with Crippen molar-refractivity contribution in [3.63, 3.8) is 0 Å². The maximum atomic E-state index is 11.9. The largest absolute Gasteiger partial charge is 0.504 e. The first-order valence-electron chi connectivity index (χ1n) is 6.77. The van der Waals surface area contributed by atoms with Crippen LogP contribution in [0.2, 0.25) is 0 Å². The maximum Gasteiger partial charge on any atom is 0.271 e. The van der Waals surface area contributed by atoms with Crippen LogP contribution < -0.4 is 14.9 Å². The Hall–Kier alpha value is -3.42. The van der Waals surface area contributed by atoms with Gasteiger partial charge in [-0.3, -0.25) is 4.79 Å². The van der Waals surface area contributed by atoms with Gasteiger partial charge in [0.05, 0.1) is 20.4 Å². The molecule has 0 bridgehead atoms. The molecule has 0 aliphatic carbocycles. The minimum Gasteiger partial charge on any atom is -0.504 e. The molecule has 0 unspecified atom stereocenters. The van der Waals surface area contributed by atoms with Gasteiger partial charge in [0, 0.05) is 11.1 Å². The molecule has 1 amide bonds. The van der Waals surface area contributed by atoms with Crippen LogP contribution in [0.25, 0.3) is 0 Å². The van der Waals surface area contributed by atoms with Gasteiger partial charge in [-0.25, -0.2) is 5.43 Å². The quantitative estimate of drug-likeness (QED) is 0.375. The third kappa shape index (κ3) is 3.49. The monoisotopic (exact) mass is 332 g/mol. The van der Waals surface area contributed by atoms with Crippen molar-refractivity contribution >= 4 is 12.1 Å². The van der Waals surface area contributed by atoms with Crippen molar-refractivity contribution in [2.24, 2.45) is 5.10 Å². The number of nitrogens with one attached hydrogen (secondary N) is 1. The van der Waals surface area contributed by atoms with Crippen LogP contribution in [0, 0.1) is 0 Å². The SMILES string of the molecule is COc1cccc(/C=N/NC(=O)c2cc(O)c(O)c(O)c2)c1OC. The topological polar surface area (TPSA) is 121 Å². The minimum atomic E-state index is -0.698. The molecule has 2 aromatic carbocycles. The Bertz CT molecular complexity index is 765. The van der Waals surface area contributed by atoms with E-state index in [1.165, 1.54) is 20.4 Å². The molecule has 0 radical (unpaired) electrons. The normalized spacial score (nSPS) is 10.6. The molecule has 0 atom stereocenters. The Morgan fingerprint density at radius 1 is 1.12 bits per heavy atom. The van der Waals surface area contributed by atoms with Gasteiger partial charge in [0.15, 0.2) is 28.7 Å². The first-order valence-corrected chi connectivity index (χ1v) is 6.77. The van der Waals surface area contributed by atoms with E-state index in [1.807, 2.05) is 0 Å². The van der Waals surface area contributed by atoms with Gasteiger partial charge < -0.3 is 24.8 Å². The second kappa shape index (κ2) is 7.23. The number of aromatic hydroxyl groups is 3. The molecule has 24 heavy (non-hydrogen) atoms. The fraction of sp³-hybridized carbons (Fsp3) is 0.125. The van der Waals surface area contributed by atoms with Crippen molar-refractivity contribution in [2.75, 3.05) is 14.2 Å². The summed E-state index contributed by atoms with van der Waals surface area (Å²) < 4.78 is 10.4. The molecule has 0 saturated carbocycles. The summed E-state index contributed by atoms with van der Waals surface area (Å²) in [5.74, 6) is -1.63. The van der Waals surface area contributed by atoms with E-state index in [0.29, 0.717) is 17.1 Å². The van der Waals surface area contributed by atoms with Gasteiger partial charge >= 0.3 is 0 Å². The highest BCUT2D eigenvalue weighted by Gasteiger charge is 2.13. The molecule has 0 spiro atoms. The Kier molecular flexibility index (Phi) is 5.10. The molecule has 0 saturated heterocycles. The van der Waals surface area contributed by atoms with Gasteiger partial charge in [0.25, 0.3) is 5.91 Å². The molecule has 0 fully saturated rings. The molecule has 2 rings (SSSR count). The highest BCUT2D eigenvalue weighted by molar-refractivity contribution is 5.96. The van der Waals surface area contributed by atoms with Gasteiger partial charge in [0.1, 0.15) is 0 Å². The molecule has 2 aromatic rings. The van der Waals surface area contributed by atoms with Gasteiger partial charge in [-0.05, 0) is 24.3 Å². The first kappa shape index (κ1) is 16.9. The zero-order valence-electron chi connectivity index (χ0n) is 13.0. The number of amides is 1. The third-order valence-corrected chi connectivity index (χ3v) is 3.14. The molecule has 126 valence electrons. The van der Waals surface area contributed by atoms with Crippen molar-refractivity contribution in [1.29, 1.82) is 0 Å². The van der Waals surface area contributed by atoms with Gasteiger partial charge in [-0.15, -0.1) is 0 Å². The van der Waals surface area contributed by atoms with Crippen LogP contribution in [0.3, 0.4) is 0 Å². The highest BCUT2D eigenvalue weighted by Crippen LogP contribution is 2.35. The van der Waals surface area contributed by atoms with E-state index in [2.05, 4.69) is 10.5 Å². The number of hydrazone groups is 1. The number of para-hydroxylation sites is 1. The fourth-order valence-corrected chi connectivity index (χ4v) is 1.97. The van der Waals surface area contributed by atoms with Crippen LogP contribution in [0.5, 0.6) is 28.7 Å². The molecular weight excluding hydrogens is 316 g/mol. The predicted molar refractivity (Wildman–Crippen MR) is 86.0 cm³/mol. The summed E-state index contributed by atoms with van der Waals surface area (Å²) in [6.07, 6.45) is 1.36. The lowest BCUT2D eigenvalue weighted by Crippen LogP contribution is -2.17. The van der Waals surface area contributed by atoms with E-state index in [-0.39, 0.29) is 5.56 Å². The van der Waals surface area contributed by atoms with Crippen molar-refractivity contribution in [2.45, 2.75) is 0 Å². The number of ether oxygens (including phenoxy) is 2. The predicted octanol–water partition coefficient (Wildman–Crippen LogP) is 1.58. The van der Waals surface area contributed by atoms with Crippen molar-refractivity contribution in [3.05, 3.63) is 41.5 Å². The van der Waals surface area contributed by atoms with E-state index in [9.17, 15) is 20.1 Å². The second-order valence-corrected chi connectivity index (χ2v) is 4.64. The van der Waals surface area contributed by atoms with Crippen LogP contribution in [-0.2, 0) is 0 Å². The standard InChI is InChI=1S/C16H16N2O6/c1-23-13-5-3-4-9(15(13)24-2)8-17-18-16(22)10-6-11(19)14(21)12(20)7-10/h3-8,19-21H,1-2H3,(H,18,22)/b17-8+. The van der Waals surface area contributed by atoms with Crippen LogP contribution in [0.1, 0.15) is 15.9 Å². The summed E-state index contributed by atoms with van der Waals surface area (Å²) in [5.41, 5.74) is 2.75. The number of hydrogen-bond donors (Lipinski definition) is 4. The molecule has 0 aromatic heterocycles.